The van der Waals surface area contributed by atoms with Gasteiger partial charge in [-0.05, 0) is 47.8 Å². The van der Waals surface area contributed by atoms with Crippen LogP contribution < -0.4 is 10.5 Å². The van der Waals surface area contributed by atoms with Gasteiger partial charge < -0.3 is 9.32 Å². The Hall–Kier alpha value is -3.25. The van der Waals surface area contributed by atoms with Crippen LogP contribution in [0, 0.1) is 5.82 Å². The fourth-order valence-corrected chi connectivity index (χ4v) is 3.51. The fourth-order valence-electron chi connectivity index (χ4n) is 2.82. The van der Waals surface area contributed by atoms with E-state index in [0.717, 1.165) is 4.88 Å². The summed E-state index contributed by atoms with van der Waals surface area (Å²) in [4.78, 5) is 28.0. The van der Waals surface area contributed by atoms with Crippen LogP contribution in [0.5, 0.6) is 0 Å². The summed E-state index contributed by atoms with van der Waals surface area (Å²) in [6.07, 6.45) is 0. The first-order valence-corrected chi connectivity index (χ1v) is 9.12. The first-order valence-electron chi connectivity index (χ1n) is 8.24. The van der Waals surface area contributed by atoms with Crippen LogP contribution in [0.1, 0.15) is 15.2 Å². The number of hydrogen-bond donors (Lipinski definition) is 0. The Bertz CT molecular complexity index is 1150. The zero-order valence-electron chi connectivity index (χ0n) is 14.1. The molecule has 4 rings (SSSR count). The summed E-state index contributed by atoms with van der Waals surface area (Å²) >= 11 is 1.50. The summed E-state index contributed by atoms with van der Waals surface area (Å²) in [7, 11) is 0. The molecular formula is C21H14FNO3S. The van der Waals surface area contributed by atoms with E-state index in [9.17, 15) is 14.0 Å². The molecule has 134 valence electrons. The predicted octanol–water partition coefficient (Wildman–Crippen LogP) is 4.84. The number of carbonyl (C=O) groups excluding carboxylic acids is 1. The standard InChI is InChI=1S/C21H14FNO3S/c22-15-7-9-16(10-8-15)23(13-17-5-3-11-27-17)20(24)18-12-14-4-1-2-6-19(14)26-21(18)25/h1-12H,13H2. The SMILES string of the molecule is O=C(c1cc2ccccc2oc1=O)N(Cc1cccs1)c1ccc(F)cc1. The average molecular weight is 379 g/mol. The van der Waals surface area contributed by atoms with E-state index in [2.05, 4.69) is 0 Å². The first-order chi connectivity index (χ1) is 13.1. The van der Waals surface area contributed by atoms with Gasteiger partial charge in [-0.1, -0.05) is 24.3 Å². The molecular weight excluding hydrogens is 365 g/mol. The summed E-state index contributed by atoms with van der Waals surface area (Å²) in [6.45, 7) is 0.272. The number of halogens is 1. The molecule has 0 bridgehead atoms. The molecule has 4 aromatic rings. The van der Waals surface area contributed by atoms with Crippen molar-refractivity contribution in [3.63, 3.8) is 0 Å². The van der Waals surface area contributed by atoms with Gasteiger partial charge in [0.15, 0.2) is 0 Å². The lowest BCUT2D eigenvalue weighted by molar-refractivity contribution is 0.0982. The highest BCUT2D eigenvalue weighted by Crippen LogP contribution is 2.23. The molecule has 1 amide bonds. The molecule has 0 N–H and O–H groups in total. The fraction of sp³-hybridized carbons (Fsp3) is 0.0476. The monoisotopic (exact) mass is 379 g/mol. The van der Waals surface area contributed by atoms with Crippen LogP contribution in [-0.2, 0) is 6.54 Å². The van der Waals surface area contributed by atoms with Crippen LogP contribution in [-0.4, -0.2) is 5.91 Å². The lowest BCUT2D eigenvalue weighted by atomic mass is 10.1. The van der Waals surface area contributed by atoms with Crippen molar-refractivity contribution < 1.29 is 13.6 Å². The summed E-state index contributed by atoms with van der Waals surface area (Å²) in [6, 6.07) is 17.9. The second kappa shape index (κ2) is 7.17. The van der Waals surface area contributed by atoms with Crippen LogP contribution in [0.3, 0.4) is 0 Å². The van der Waals surface area contributed by atoms with Crippen LogP contribution in [0.2, 0.25) is 0 Å². The minimum atomic E-state index is -0.697. The maximum Gasteiger partial charge on any atom is 0.349 e. The Morgan fingerprint density at radius 2 is 1.81 bits per heavy atom. The van der Waals surface area contributed by atoms with E-state index in [-0.39, 0.29) is 12.1 Å². The molecule has 27 heavy (non-hydrogen) atoms. The van der Waals surface area contributed by atoms with E-state index in [1.807, 2.05) is 17.5 Å². The highest BCUT2D eigenvalue weighted by Gasteiger charge is 2.23. The van der Waals surface area contributed by atoms with Gasteiger partial charge in [0.2, 0.25) is 0 Å². The third-order valence-corrected chi connectivity index (χ3v) is 5.01. The van der Waals surface area contributed by atoms with Gasteiger partial charge in [-0.25, -0.2) is 9.18 Å². The van der Waals surface area contributed by atoms with Gasteiger partial charge in [0.05, 0.1) is 6.54 Å². The summed E-state index contributed by atoms with van der Waals surface area (Å²) in [5.41, 5.74) is 0.166. The van der Waals surface area contributed by atoms with Gasteiger partial charge in [0.25, 0.3) is 5.91 Å². The van der Waals surface area contributed by atoms with Crippen molar-refractivity contribution in [2.45, 2.75) is 6.54 Å². The number of carbonyl (C=O) groups is 1. The first kappa shape index (κ1) is 17.2. The largest absolute Gasteiger partial charge is 0.422 e. The second-order valence-electron chi connectivity index (χ2n) is 5.93. The van der Waals surface area contributed by atoms with Crippen LogP contribution in [0.4, 0.5) is 10.1 Å². The van der Waals surface area contributed by atoms with E-state index in [0.29, 0.717) is 16.7 Å². The minimum Gasteiger partial charge on any atom is -0.422 e. The molecule has 0 aliphatic heterocycles. The third kappa shape index (κ3) is 3.52. The number of thiophene rings is 1. The van der Waals surface area contributed by atoms with Crippen molar-refractivity contribution in [3.05, 3.63) is 98.8 Å². The van der Waals surface area contributed by atoms with Crippen molar-refractivity contribution >= 4 is 33.9 Å². The van der Waals surface area contributed by atoms with Crippen molar-refractivity contribution in [2.24, 2.45) is 0 Å². The average Bonchev–Trinajstić information content (AvgIpc) is 3.19. The number of fused-ring (bicyclic) bond motifs is 1. The molecule has 2 aromatic heterocycles. The van der Waals surface area contributed by atoms with Crippen LogP contribution in [0.25, 0.3) is 11.0 Å². The van der Waals surface area contributed by atoms with Gasteiger partial charge in [0, 0.05) is 16.0 Å². The van der Waals surface area contributed by atoms with Crippen molar-refractivity contribution in [1.29, 1.82) is 0 Å². The molecule has 0 aliphatic carbocycles. The Morgan fingerprint density at radius 3 is 2.56 bits per heavy atom. The number of benzene rings is 2. The van der Waals surface area contributed by atoms with Crippen molar-refractivity contribution in [3.8, 4) is 0 Å². The number of amides is 1. The molecule has 0 aliphatic rings. The summed E-state index contributed by atoms with van der Waals surface area (Å²) < 4.78 is 18.6. The predicted molar refractivity (Wildman–Crippen MR) is 104 cm³/mol. The maximum atomic E-state index is 13.3. The molecule has 2 aromatic carbocycles. The van der Waals surface area contributed by atoms with Crippen LogP contribution >= 0.6 is 11.3 Å². The quantitative estimate of drug-likeness (QED) is 0.477. The molecule has 0 radical (unpaired) electrons. The van der Waals surface area contributed by atoms with Crippen LogP contribution in [0.15, 0.2) is 81.3 Å². The molecule has 2 heterocycles. The maximum absolute atomic E-state index is 13.3. The zero-order chi connectivity index (χ0) is 18.8. The van der Waals surface area contributed by atoms with E-state index in [1.54, 1.807) is 24.3 Å². The molecule has 0 atom stereocenters. The van der Waals surface area contributed by atoms with Gasteiger partial charge in [-0.15, -0.1) is 11.3 Å². The van der Waals surface area contributed by atoms with Crippen molar-refractivity contribution in [1.82, 2.24) is 0 Å². The Balaban J connectivity index is 1.79. The molecule has 6 heteroatoms. The molecule has 0 fully saturated rings. The summed E-state index contributed by atoms with van der Waals surface area (Å²) in [5.74, 6) is -0.887. The van der Waals surface area contributed by atoms with Gasteiger partial charge >= 0.3 is 5.63 Å². The number of nitrogens with zero attached hydrogens (tertiary/aromatic N) is 1. The normalized spacial score (nSPS) is 10.9. The van der Waals surface area contributed by atoms with E-state index in [4.69, 9.17) is 4.42 Å². The number of para-hydroxylation sites is 1. The lowest BCUT2D eigenvalue weighted by Crippen LogP contribution is -2.33. The number of anilines is 1. The molecule has 0 spiro atoms. The Morgan fingerprint density at radius 1 is 1.04 bits per heavy atom. The van der Waals surface area contributed by atoms with Gasteiger partial charge in [-0.3, -0.25) is 4.79 Å². The number of hydrogen-bond acceptors (Lipinski definition) is 4. The zero-order valence-corrected chi connectivity index (χ0v) is 14.9. The second-order valence-corrected chi connectivity index (χ2v) is 6.96. The van der Waals surface area contributed by atoms with Crippen molar-refractivity contribution in [2.75, 3.05) is 4.90 Å². The smallest absolute Gasteiger partial charge is 0.349 e. The Kier molecular flexibility index (Phi) is 4.56. The van der Waals surface area contributed by atoms with E-state index < -0.39 is 17.3 Å². The topological polar surface area (TPSA) is 50.5 Å². The van der Waals surface area contributed by atoms with E-state index in [1.165, 1.54) is 46.6 Å². The molecule has 0 unspecified atom stereocenters. The van der Waals surface area contributed by atoms with Gasteiger partial charge in [0.1, 0.15) is 17.0 Å². The number of rotatable bonds is 4. The minimum absolute atomic E-state index is 0.0606. The third-order valence-electron chi connectivity index (χ3n) is 4.15. The van der Waals surface area contributed by atoms with Gasteiger partial charge in [-0.2, -0.15) is 0 Å². The summed E-state index contributed by atoms with van der Waals surface area (Å²) in [5, 5.41) is 2.57. The Labute approximate surface area is 158 Å². The molecule has 4 nitrogen and oxygen atoms in total. The van der Waals surface area contributed by atoms with E-state index >= 15 is 0 Å². The highest BCUT2D eigenvalue weighted by molar-refractivity contribution is 7.09. The molecule has 0 saturated carbocycles. The highest BCUT2D eigenvalue weighted by atomic mass is 32.1. The lowest BCUT2D eigenvalue weighted by Gasteiger charge is -2.22. The molecule has 0 saturated heterocycles.